The lowest BCUT2D eigenvalue weighted by Gasteiger charge is -2.23. The van der Waals surface area contributed by atoms with Crippen LogP contribution in [0.5, 0.6) is 0 Å². The number of thiazole rings is 1. The zero-order chi connectivity index (χ0) is 18.0. The van der Waals surface area contributed by atoms with Gasteiger partial charge in [0.15, 0.2) is 5.13 Å². The van der Waals surface area contributed by atoms with Gasteiger partial charge in [0.1, 0.15) is 6.04 Å². The first-order valence-electron chi connectivity index (χ1n) is 8.96. The van der Waals surface area contributed by atoms with Crippen LogP contribution in [-0.4, -0.2) is 59.9 Å². The Morgan fingerprint density at radius 1 is 1.36 bits per heavy atom. The Morgan fingerprint density at radius 2 is 2.16 bits per heavy atom. The molecule has 3 heterocycles. The number of carbonyl (C=O) groups is 1. The molecule has 1 atom stereocenters. The average molecular weight is 387 g/mol. The summed E-state index contributed by atoms with van der Waals surface area (Å²) in [6, 6.07) is -0.607. The Kier molecular flexibility index (Phi) is 5.77. The molecule has 2 aliphatic heterocycles. The number of carbonyl (C=O) groups excluding carboxylic acids is 1. The van der Waals surface area contributed by atoms with Gasteiger partial charge in [-0.3, -0.25) is 9.69 Å². The number of likely N-dealkylation sites (N-methyl/N-ethyl adjacent to an activating group) is 1. The highest BCUT2D eigenvalue weighted by Crippen LogP contribution is 2.29. The van der Waals surface area contributed by atoms with Crippen molar-refractivity contribution in [3.05, 3.63) is 10.6 Å². The van der Waals surface area contributed by atoms with Crippen LogP contribution in [0, 0.1) is 0 Å². The molecule has 1 unspecified atom stereocenters. The molecule has 0 bridgehead atoms. The summed E-state index contributed by atoms with van der Waals surface area (Å²) >= 11 is 1.51. The number of sulfonamides is 1. The van der Waals surface area contributed by atoms with Crippen molar-refractivity contribution in [2.75, 3.05) is 30.7 Å². The molecule has 1 fully saturated rings. The Balaban J connectivity index is 1.69. The summed E-state index contributed by atoms with van der Waals surface area (Å²) in [7, 11) is -3.36. The summed E-state index contributed by atoms with van der Waals surface area (Å²) in [5.41, 5.74) is 1.06. The van der Waals surface area contributed by atoms with Crippen molar-refractivity contribution >= 4 is 32.4 Å². The summed E-state index contributed by atoms with van der Waals surface area (Å²) in [5, 5.41) is 3.45. The third-order valence-corrected chi connectivity index (χ3v) is 7.89. The lowest BCUT2D eigenvalue weighted by molar-refractivity contribution is -0.119. The lowest BCUT2D eigenvalue weighted by Crippen LogP contribution is -2.44. The standard InChI is InChI=1S/C16H26N4O3S2/c1-3-10-25(22,23)20-8-5-6-13(20)15(21)18-16-17-12-7-9-19(4-2)11-14(12)24-16/h13H,3-11H2,1-2H3,(H,17,18,21). The zero-order valence-electron chi connectivity index (χ0n) is 14.8. The first kappa shape index (κ1) is 18.8. The number of fused-ring (bicyclic) bond motifs is 1. The van der Waals surface area contributed by atoms with Crippen LogP contribution in [0.25, 0.3) is 0 Å². The Morgan fingerprint density at radius 3 is 2.88 bits per heavy atom. The Hall–Kier alpha value is -1.03. The first-order chi connectivity index (χ1) is 11.9. The normalized spacial score (nSPS) is 22.1. The summed E-state index contributed by atoms with van der Waals surface area (Å²) in [6.45, 7) is 7.28. The van der Waals surface area contributed by atoms with Crippen LogP contribution >= 0.6 is 11.3 Å². The van der Waals surface area contributed by atoms with Crippen LogP contribution in [0.15, 0.2) is 0 Å². The third kappa shape index (κ3) is 4.05. The van der Waals surface area contributed by atoms with Crippen molar-refractivity contribution < 1.29 is 13.2 Å². The van der Waals surface area contributed by atoms with E-state index < -0.39 is 16.1 Å². The van der Waals surface area contributed by atoms with Gasteiger partial charge in [-0.1, -0.05) is 13.8 Å². The van der Waals surface area contributed by atoms with E-state index in [0.717, 1.165) is 38.2 Å². The van der Waals surface area contributed by atoms with Crippen LogP contribution < -0.4 is 5.32 Å². The largest absolute Gasteiger partial charge is 0.301 e. The minimum absolute atomic E-state index is 0.0924. The summed E-state index contributed by atoms with van der Waals surface area (Å²) in [4.78, 5) is 20.7. The highest BCUT2D eigenvalue weighted by Gasteiger charge is 2.38. The van der Waals surface area contributed by atoms with Gasteiger partial charge in [0.25, 0.3) is 0 Å². The SMILES string of the molecule is CCCS(=O)(=O)N1CCCC1C(=O)Nc1nc2c(s1)CN(CC)CC2. The molecule has 140 valence electrons. The van der Waals surface area contributed by atoms with Crippen LogP contribution in [0.3, 0.4) is 0 Å². The van der Waals surface area contributed by atoms with E-state index in [1.165, 1.54) is 20.5 Å². The molecule has 1 saturated heterocycles. The second-order valence-corrected chi connectivity index (χ2v) is 9.71. The highest BCUT2D eigenvalue weighted by molar-refractivity contribution is 7.89. The van der Waals surface area contributed by atoms with Gasteiger partial charge in [-0.25, -0.2) is 13.4 Å². The smallest absolute Gasteiger partial charge is 0.244 e. The van der Waals surface area contributed by atoms with Crippen molar-refractivity contribution in [3.63, 3.8) is 0 Å². The van der Waals surface area contributed by atoms with Gasteiger partial charge in [-0.2, -0.15) is 4.31 Å². The van der Waals surface area contributed by atoms with Gasteiger partial charge >= 0.3 is 0 Å². The fraction of sp³-hybridized carbons (Fsp3) is 0.750. The zero-order valence-corrected chi connectivity index (χ0v) is 16.5. The summed E-state index contributed by atoms with van der Waals surface area (Å²) in [5.74, 6) is -0.162. The summed E-state index contributed by atoms with van der Waals surface area (Å²) in [6.07, 6.45) is 2.75. The predicted octanol–water partition coefficient (Wildman–Crippen LogP) is 1.66. The number of amides is 1. The molecule has 0 radical (unpaired) electrons. The van der Waals surface area contributed by atoms with Gasteiger partial charge < -0.3 is 5.32 Å². The van der Waals surface area contributed by atoms with Crippen LogP contribution in [-0.2, 0) is 27.8 Å². The van der Waals surface area contributed by atoms with E-state index in [0.29, 0.717) is 24.5 Å². The van der Waals surface area contributed by atoms with Crippen molar-refractivity contribution in [2.45, 2.75) is 52.1 Å². The molecule has 7 nitrogen and oxygen atoms in total. The quantitative estimate of drug-likeness (QED) is 0.804. The van der Waals surface area contributed by atoms with Gasteiger partial charge in [0, 0.05) is 30.9 Å². The Labute approximate surface area is 153 Å². The number of hydrogen-bond acceptors (Lipinski definition) is 6. The molecule has 1 aromatic rings. The maximum Gasteiger partial charge on any atom is 0.244 e. The number of aromatic nitrogens is 1. The lowest BCUT2D eigenvalue weighted by atomic mass is 10.2. The molecule has 1 N–H and O–H groups in total. The fourth-order valence-corrected chi connectivity index (χ4v) is 6.27. The van der Waals surface area contributed by atoms with E-state index in [1.54, 1.807) is 0 Å². The molecule has 25 heavy (non-hydrogen) atoms. The summed E-state index contributed by atoms with van der Waals surface area (Å²) < 4.78 is 26.1. The van der Waals surface area contributed by atoms with Gasteiger partial charge in [0.2, 0.25) is 15.9 Å². The van der Waals surface area contributed by atoms with E-state index in [9.17, 15) is 13.2 Å². The minimum atomic E-state index is -3.36. The molecule has 0 aromatic carbocycles. The number of anilines is 1. The molecular formula is C16H26N4O3S2. The second-order valence-electron chi connectivity index (χ2n) is 6.58. The molecular weight excluding hydrogens is 360 g/mol. The van der Waals surface area contributed by atoms with E-state index in [4.69, 9.17) is 0 Å². The van der Waals surface area contributed by atoms with E-state index in [1.807, 2.05) is 6.92 Å². The van der Waals surface area contributed by atoms with Crippen molar-refractivity contribution in [1.29, 1.82) is 0 Å². The number of rotatable bonds is 6. The molecule has 1 amide bonds. The molecule has 0 saturated carbocycles. The van der Waals surface area contributed by atoms with Crippen LogP contribution in [0.1, 0.15) is 43.7 Å². The topological polar surface area (TPSA) is 82.6 Å². The maximum atomic E-state index is 12.6. The number of hydrogen-bond donors (Lipinski definition) is 1. The predicted molar refractivity (Wildman–Crippen MR) is 99.2 cm³/mol. The maximum absolute atomic E-state index is 12.6. The van der Waals surface area contributed by atoms with E-state index >= 15 is 0 Å². The van der Waals surface area contributed by atoms with Crippen molar-refractivity contribution in [3.8, 4) is 0 Å². The number of nitrogens with zero attached hydrogens (tertiary/aromatic N) is 3. The molecule has 1 aromatic heterocycles. The molecule has 3 rings (SSSR count). The molecule has 2 aliphatic rings. The monoisotopic (exact) mass is 386 g/mol. The highest BCUT2D eigenvalue weighted by atomic mass is 32.2. The Bertz CT molecular complexity index is 732. The van der Waals surface area contributed by atoms with E-state index in [2.05, 4.69) is 22.1 Å². The van der Waals surface area contributed by atoms with Crippen molar-refractivity contribution in [1.82, 2.24) is 14.2 Å². The number of nitrogens with one attached hydrogen (secondary N) is 1. The van der Waals surface area contributed by atoms with Crippen LogP contribution in [0.2, 0.25) is 0 Å². The van der Waals surface area contributed by atoms with Gasteiger partial charge in [-0.15, -0.1) is 11.3 Å². The average Bonchev–Trinajstić information content (AvgIpc) is 3.20. The molecule has 0 spiro atoms. The molecule has 0 aliphatic carbocycles. The van der Waals surface area contributed by atoms with Crippen molar-refractivity contribution in [2.24, 2.45) is 0 Å². The minimum Gasteiger partial charge on any atom is -0.301 e. The van der Waals surface area contributed by atoms with E-state index in [-0.39, 0.29) is 11.7 Å². The van der Waals surface area contributed by atoms with Crippen LogP contribution in [0.4, 0.5) is 5.13 Å². The van der Waals surface area contributed by atoms with Gasteiger partial charge in [0.05, 0.1) is 11.4 Å². The second kappa shape index (κ2) is 7.69. The van der Waals surface area contributed by atoms with Gasteiger partial charge in [-0.05, 0) is 25.8 Å². The fourth-order valence-electron chi connectivity index (χ4n) is 3.47. The molecule has 9 heteroatoms. The third-order valence-electron chi connectivity index (χ3n) is 4.81. The first-order valence-corrected chi connectivity index (χ1v) is 11.4.